The van der Waals surface area contributed by atoms with E-state index in [0.29, 0.717) is 22.8 Å². The van der Waals surface area contributed by atoms with Gasteiger partial charge >= 0.3 is 0 Å². The maximum absolute atomic E-state index is 11.3. The molecule has 2 rings (SSSR count). The molecule has 116 valence electrons. The van der Waals surface area contributed by atoms with Crippen LogP contribution in [0.25, 0.3) is 0 Å². The zero-order valence-corrected chi connectivity index (χ0v) is 13.7. The van der Waals surface area contributed by atoms with E-state index in [4.69, 9.17) is 10.5 Å². The number of carbonyl (C=O) groups is 1. The Balaban J connectivity index is 2.19. The number of aromatic hydroxyl groups is 1. The highest BCUT2D eigenvalue weighted by molar-refractivity contribution is 9.10. The molecule has 21 heavy (non-hydrogen) atoms. The van der Waals surface area contributed by atoms with Crippen molar-refractivity contribution in [2.24, 2.45) is 5.73 Å². The van der Waals surface area contributed by atoms with Crippen molar-refractivity contribution in [1.29, 1.82) is 0 Å². The minimum absolute atomic E-state index is 0.0866. The van der Waals surface area contributed by atoms with E-state index < -0.39 is 0 Å². The molecule has 0 radical (unpaired) electrons. The van der Waals surface area contributed by atoms with Crippen LogP contribution in [0.4, 0.5) is 0 Å². The lowest BCUT2D eigenvalue weighted by molar-refractivity contribution is -0.119. The van der Waals surface area contributed by atoms with E-state index in [0.717, 1.165) is 18.4 Å². The number of halogens is 1. The summed E-state index contributed by atoms with van der Waals surface area (Å²) in [5.41, 5.74) is 6.35. The second kappa shape index (κ2) is 7.13. The number of amides is 1. The van der Waals surface area contributed by atoms with Crippen LogP contribution >= 0.6 is 15.9 Å². The highest BCUT2D eigenvalue weighted by Gasteiger charge is 2.24. The van der Waals surface area contributed by atoms with Gasteiger partial charge in [0.05, 0.1) is 18.1 Å². The van der Waals surface area contributed by atoms with Gasteiger partial charge in [0, 0.05) is 12.6 Å². The summed E-state index contributed by atoms with van der Waals surface area (Å²) < 4.78 is 5.75. The topological polar surface area (TPSA) is 75.8 Å². The quantitative estimate of drug-likeness (QED) is 0.820. The minimum atomic E-state index is -0.313. The highest BCUT2D eigenvalue weighted by atomic mass is 79.9. The second-order valence-electron chi connectivity index (χ2n) is 5.44. The molecule has 3 N–H and O–H groups in total. The number of nitrogens with two attached hydrogens (primary N) is 1. The van der Waals surface area contributed by atoms with E-state index in [9.17, 15) is 9.90 Å². The summed E-state index contributed by atoms with van der Waals surface area (Å²) in [6.45, 7) is 0.869. The first kappa shape index (κ1) is 16.1. The van der Waals surface area contributed by atoms with Crippen molar-refractivity contribution in [1.82, 2.24) is 4.90 Å². The average Bonchev–Trinajstić information content (AvgIpc) is 2.95. The van der Waals surface area contributed by atoms with Crippen molar-refractivity contribution >= 4 is 21.8 Å². The van der Waals surface area contributed by atoms with Crippen molar-refractivity contribution in [3.63, 3.8) is 0 Å². The Morgan fingerprint density at radius 1 is 1.48 bits per heavy atom. The molecular weight excluding hydrogens is 336 g/mol. The van der Waals surface area contributed by atoms with E-state index in [1.165, 1.54) is 20.0 Å². The third kappa shape index (κ3) is 4.11. The number of phenolic OH excluding ortho intramolecular Hbond substituents is 1. The van der Waals surface area contributed by atoms with Gasteiger partial charge in [-0.3, -0.25) is 9.69 Å². The minimum Gasteiger partial charge on any atom is -0.503 e. The van der Waals surface area contributed by atoms with Crippen LogP contribution in [-0.4, -0.2) is 35.6 Å². The van der Waals surface area contributed by atoms with Crippen LogP contribution in [0.15, 0.2) is 16.6 Å². The molecule has 1 aromatic rings. The summed E-state index contributed by atoms with van der Waals surface area (Å²) in [5.74, 6) is 0.195. The normalized spacial score (nSPS) is 15.6. The number of carbonyl (C=O) groups excluding carboxylic acids is 1. The Morgan fingerprint density at radius 2 is 2.14 bits per heavy atom. The maximum atomic E-state index is 11.3. The zero-order valence-electron chi connectivity index (χ0n) is 12.1. The van der Waals surface area contributed by atoms with Crippen LogP contribution in [0.5, 0.6) is 11.5 Å². The number of rotatable bonds is 6. The lowest BCUT2D eigenvalue weighted by atomic mass is 10.1. The molecule has 6 heteroatoms. The first-order valence-electron chi connectivity index (χ1n) is 7.09. The van der Waals surface area contributed by atoms with Gasteiger partial charge in [-0.15, -0.1) is 0 Å². The molecule has 0 bridgehead atoms. The molecule has 1 fully saturated rings. The lowest BCUT2D eigenvalue weighted by Gasteiger charge is -2.27. The summed E-state index contributed by atoms with van der Waals surface area (Å²) in [7, 11) is 1.52. The van der Waals surface area contributed by atoms with Gasteiger partial charge in [-0.05, 0) is 46.5 Å². The fraction of sp³-hybridized carbons (Fsp3) is 0.533. The predicted molar refractivity (Wildman–Crippen MR) is 84.2 cm³/mol. The van der Waals surface area contributed by atoms with Gasteiger partial charge in [0.25, 0.3) is 0 Å². The monoisotopic (exact) mass is 356 g/mol. The third-order valence-electron chi connectivity index (χ3n) is 3.89. The fourth-order valence-corrected chi connectivity index (χ4v) is 3.38. The Kier molecular flexibility index (Phi) is 5.47. The molecule has 0 aliphatic heterocycles. The first-order chi connectivity index (χ1) is 10.0. The number of hydrogen-bond donors (Lipinski definition) is 2. The van der Waals surface area contributed by atoms with Crippen molar-refractivity contribution in [2.45, 2.75) is 38.3 Å². The molecule has 0 heterocycles. The van der Waals surface area contributed by atoms with Crippen molar-refractivity contribution < 1.29 is 14.6 Å². The van der Waals surface area contributed by atoms with E-state index in [-0.39, 0.29) is 18.2 Å². The summed E-state index contributed by atoms with van der Waals surface area (Å²) >= 11 is 3.32. The summed E-state index contributed by atoms with van der Waals surface area (Å²) in [6, 6.07) is 4.04. The second-order valence-corrected chi connectivity index (χ2v) is 6.29. The number of primary amides is 1. The zero-order chi connectivity index (χ0) is 15.4. The summed E-state index contributed by atoms with van der Waals surface area (Å²) in [6.07, 6.45) is 4.60. The van der Waals surface area contributed by atoms with Crippen LogP contribution < -0.4 is 10.5 Å². The summed E-state index contributed by atoms with van der Waals surface area (Å²) in [5, 5.41) is 9.85. The molecule has 5 nitrogen and oxygen atoms in total. The molecule has 0 aromatic heterocycles. The molecular formula is C15H21BrN2O3. The largest absolute Gasteiger partial charge is 0.503 e. The maximum Gasteiger partial charge on any atom is 0.231 e. The van der Waals surface area contributed by atoms with Crippen LogP contribution in [0.3, 0.4) is 0 Å². The SMILES string of the molecule is COc1cc(CN(CC(N)=O)C2CCCC2)cc(Br)c1O. The predicted octanol–water partition coefficient (Wildman–Crippen LogP) is 2.39. The van der Waals surface area contributed by atoms with Crippen LogP contribution in [0, 0.1) is 0 Å². The van der Waals surface area contributed by atoms with Crippen LogP contribution in [0.1, 0.15) is 31.2 Å². The Bertz CT molecular complexity index is 516. The molecule has 1 aromatic carbocycles. The van der Waals surface area contributed by atoms with Gasteiger partial charge < -0.3 is 15.6 Å². The molecule has 1 aliphatic rings. The average molecular weight is 357 g/mol. The van der Waals surface area contributed by atoms with Crippen LogP contribution in [0.2, 0.25) is 0 Å². The molecule has 1 amide bonds. The van der Waals surface area contributed by atoms with Gasteiger partial charge in [0.2, 0.25) is 5.91 Å². The van der Waals surface area contributed by atoms with Crippen LogP contribution in [-0.2, 0) is 11.3 Å². The van der Waals surface area contributed by atoms with Crippen molar-refractivity contribution in [3.8, 4) is 11.5 Å². The van der Waals surface area contributed by atoms with E-state index in [1.807, 2.05) is 6.07 Å². The standard InChI is InChI=1S/C15H21BrN2O3/c1-21-13-7-10(6-12(16)15(13)20)8-18(9-14(17)19)11-4-2-3-5-11/h6-7,11,20H,2-5,8-9H2,1H3,(H2,17,19). The van der Waals surface area contributed by atoms with Crippen molar-refractivity contribution in [2.75, 3.05) is 13.7 Å². The van der Waals surface area contributed by atoms with Gasteiger partial charge in [-0.1, -0.05) is 12.8 Å². The first-order valence-corrected chi connectivity index (χ1v) is 7.88. The van der Waals surface area contributed by atoms with E-state index >= 15 is 0 Å². The van der Waals surface area contributed by atoms with Crippen molar-refractivity contribution in [3.05, 3.63) is 22.2 Å². The van der Waals surface area contributed by atoms with E-state index in [1.54, 1.807) is 6.07 Å². The number of nitrogens with zero attached hydrogens (tertiary/aromatic N) is 1. The highest BCUT2D eigenvalue weighted by Crippen LogP contribution is 2.36. The number of methoxy groups -OCH3 is 1. The van der Waals surface area contributed by atoms with Gasteiger partial charge in [0.15, 0.2) is 11.5 Å². The third-order valence-corrected chi connectivity index (χ3v) is 4.50. The summed E-state index contributed by atoms with van der Waals surface area (Å²) in [4.78, 5) is 13.4. The number of ether oxygens (including phenoxy) is 1. The molecule has 0 spiro atoms. The molecule has 0 unspecified atom stereocenters. The molecule has 0 atom stereocenters. The molecule has 1 aliphatic carbocycles. The van der Waals surface area contributed by atoms with Gasteiger partial charge in [-0.2, -0.15) is 0 Å². The Hall–Kier alpha value is -1.27. The molecule has 0 saturated heterocycles. The molecule has 1 saturated carbocycles. The van der Waals surface area contributed by atoms with Gasteiger partial charge in [0.1, 0.15) is 0 Å². The Morgan fingerprint density at radius 3 is 2.71 bits per heavy atom. The number of benzene rings is 1. The fourth-order valence-electron chi connectivity index (χ4n) is 2.89. The smallest absolute Gasteiger partial charge is 0.231 e. The lowest BCUT2D eigenvalue weighted by Crippen LogP contribution is -2.39. The number of hydrogen-bond acceptors (Lipinski definition) is 4. The number of phenols is 1. The Labute approximate surface area is 133 Å². The van der Waals surface area contributed by atoms with Gasteiger partial charge in [-0.25, -0.2) is 0 Å². The van der Waals surface area contributed by atoms with E-state index in [2.05, 4.69) is 20.8 Å².